The van der Waals surface area contributed by atoms with E-state index in [9.17, 15) is 18.0 Å². The summed E-state index contributed by atoms with van der Waals surface area (Å²) in [5.74, 6) is 0.0173. The van der Waals surface area contributed by atoms with Gasteiger partial charge in [-0.05, 0) is 35.4 Å². The standard InChI is InChI=1S/C19H15F3O2S/c20-19(21,22)14-8-6-13(7-9-14)16-10-11-24-18(23)17(16)12-25-15-4-2-1-3-5-15/h1-9H,10-12H2. The third kappa shape index (κ3) is 4.25. The summed E-state index contributed by atoms with van der Waals surface area (Å²) in [6.07, 6.45) is -3.87. The summed E-state index contributed by atoms with van der Waals surface area (Å²) in [7, 11) is 0. The van der Waals surface area contributed by atoms with E-state index in [1.54, 1.807) is 0 Å². The van der Waals surface area contributed by atoms with Gasteiger partial charge in [0, 0.05) is 17.1 Å². The van der Waals surface area contributed by atoms with Crippen LogP contribution in [0.3, 0.4) is 0 Å². The summed E-state index contributed by atoms with van der Waals surface area (Å²) in [5, 5.41) is 0. The van der Waals surface area contributed by atoms with Crippen LogP contribution in [0.2, 0.25) is 0 Å². The zero-order valence-corrected chi connectivity index (χ0v) is 14.0. The molecule has 0 atom stereocenters. The summed E-state index contributed by atoms with van der Waals surface area (Å²) in [6.45, 7) is 0.245. The highest BCUT2D eigenvalue weighted by Crippen LogP contribution is 2.34. The Morgan fingerprint density at radius 3 is 2.32 bits per heavy atom. The van der Waals surface area contributed by atoms with Crippen molar-refractivity contribution in [2.24, 2.45) is 0 Å². The van der Waals surface area contributed by atoms with Gasteiger partial charge >= 0.3 is 12.1 Å². The molecule has 25 heavy (non-hydrogen) atoms. The number of carbonyl (C=O) groups is 1. The molecule has 1 heterocycles. The van der Waals surface area contributed by atoms with Crippen molar-refractivity contribution in [2.45, 2.75) is 17.5 Å². The number of ether oxygens (including phenoxy) is 1. The molecular formula is C19H15F3O2S. The van der Waals surface area contributed by atoms with Gasteiger partial charge in [0.05, 0.1) is 17.7 Å². The first-order valence-electron chi connectivity index (χ1n) is 7.70. The molecule has 0 saturated carbocycles. The largest absolute Gasteiger partial charge is 0.462 e. The van der Waals surface area contributed by atoms with Crippen LogP contribution in [0.15, 0.2) is 65.1 Å². The third-order valence-corrected chi connectivity index (χ3v) is 4.92. The maximum Gasteiger partial charge on any atom is 0.416 e. The van der Waals surface area contributed by atoms with E-state index in [-0.39, 0.29) is 6.61 Å². The molecular weight excluding hydrogens is 349 g/mol. The average molecular weight is 364 g/mol. The van der Waals surface area contributed by atoms with Crippen LogP contribution in [-0.2, 0) is 15.7 Å². The van der Waals surface area contributed by atoms with Crippen molar-refractivity contribution in [1.82, 2.24) is 0 Å². The van der Waals surface area contributed by atoms with Crippen molar-refractivity contribution in [3.05, 3.63) is 71.3 Å². The number of hydrogen-bond donors (Lipinski definition) is 0. The number of thioether (sulfide) groups is 1. The molecule has 0 aliphatic carbocycles. The molecule has 0 fully saturated rings. The van der Waals surface area contributed by atoms with Crippen molar-refractivity contribution in [3.63, 3.8) is 0 Å². The fraction of sp³-hybridized carbons (Fsp3) is 0.211. The second-order valence-corrected chi connectivity index (χ2v) is 6.57. The highest BCUT2D eigenvalue weighted by Gasteiger charge is 2.30. The third-order valence-electron chi connectivity index (χ3n) is 3.88. The van der Waals surface area contributed by atoms with Crippen molar-refractivity contribution in [3.8, 4) is 0 Å². The van der Waals surface area contributed by atoms with E-state index < -0.39 is 17.7 Å². The Morgan fingerprint density at radius 2 is 1.68 bits per heavy atom. The van der Waals surface area contributed by atoms with Crippen LogP contribution in [-0.4, -0.2) is 18.3 Å². The molecule has 1 aliphatic heterocycles. The number of halogens is 3. The first-order valence-corrected chi connectivity index (χ1v) is 8.68. The van der Waals surface area contributed by atoms with Crippen LogP contribution in [0.25, 0.3) is 5.57 Å². The number of hydrogen-bond acceptors (Lipinski definition) is 3. The summed E-state index contributed by atoms with van der Waals surface area (Å²) < 4.78 is 43.3. The first-order chi connectivity index (χ1) is 11.9. The minimum atomic E-state index is -4.37. The maximum atomic E-state index is 12.7. The van der Waals surface area contributed by atoms with E-state index in [4.69, 9.17) is 4.74 Å². The van der Waals surface area contributed by atoms with Crippen LogP contribution in [0.4, 0.5) is 13.2 Å². The Bertz CT molecular complexity index is 781. The van der Waals surface area contributed by atoms with Gasteiger partial charge in [-0.25, -0.2) is 4.79 Å². The molecule has 0 aromatic heterocycles. The Hall–Kier alpha value is -2.21. The number of alkyl halides is 3. The predicted octanol–water partition coefficient (Wildman–Crippen LogP) is 5.20. The van der Waals surface area contributed by atoms with Crippen molar-refractivity contribution >= 4 is 23.3 Å². The molecule has 0 bridgehead atoms. The van der Waals surface area contributed by atoms with Gasteiger partial charge in [0.1, 0.15) is 0 Å². The summed E-state index contributed by atoms with van der Waals surface area (Å²) >= 11 is 1.50. The van der Waals surface area contributed by atoms with Gasteiger partial charge in [-0.2, -0.15) is 13.2 Å². The second kappa shape index (κ2) is 7.35. The van der Waals surface area contributed by atoms with Gasteiger partial charge in [-0.15, -0.1) is 11.8 Å². The smallest absolute Gasteiger partial charge is 0.416 e. The predicted molar refractivity (Wildman–Crippen MR) is 91.1 cm³/mol. The number of esters is 1. The molecule has 2 aromatic rings. The quantitative estimate of drug-likeness (QED) is 0.551. The Morgan fingerprint density at radius 1 is 1.00 bits per heavy atom. The number of cyclic esters (lactones) is 1. The molecule has 2 nitrogen and oxygen atoms in total. The normalized spacial score (nSPS) is 15.2. The van der Waals surface area contributed by atoms with E-state index in [0.717, 1.165) is 22.6 Å². The molecule has 0 amide bonds. The van der Waals surface area contributed by atoms with Crippen molar-refractivity contribution < 1.29 is 22.7 Å². The van der Waals surface area contributed by atoms with Gasteiger partial charge in [0.15, 0.2) is 0 Å². The lowest BCUT2D eigenvalue weighted by atomic mass is 9.95. The van der Waals surface area contributed by atoms with Gasteiger partial charge in [-0.3, -0.25) is 0 Å². The van der Waals surface area contributed by atoms with Crippen LogP contribution < -0.4 is 0 Å². The maximum absolute atomic E-state index is 12.7. The summed E-state index contributed by atoms with van der Waals surface area (Å²) in [4.78, 5) is 13.2. The van der Waals surface area contributed by atoms with Gasteiger partial charge in [0.2, 0.25) is 0 Å². The van der Waals surface area contributed by atoms with Crippen molar-refractivity contribution in [2.75, 3.05) is 12.4 Å². The van der Waals surface area contributed by atoms with Crippen LogP contribution in [0.1, 0.15) is 17.5 Å². The lowest BCUT2D eigenvalue weighted by Gasteiger charge is -2.20. The molecule has 0 spiro atoms. The van der Waals surface area contributed by atoms with Gasteiger partial charge in [0.25, 0.3) is 0 Å². The molecule has 0 radical (unpaired) electrons. The molecule has 1 aliphatic rings. The van der Waals surface area contributed by atoms with Crippen LogP contribution >= 0.6 is 11.8 Å². The molecule has 130 valence electrons. The summed E-state index contributed by atoms with van der Waals surface area (Å²) in [5.41, 5.74) is 1.21. The fourth-order valence-electron chi connectivity index (χ4n) is 2.60. The Labute approximate surface area is 147 Å². The Balaban J connectivity index is 1.88. The Kier molecular flexibility index (Phi) is 5.18. The number of carbonyl (C=O) groups excluding carboxylic acids is 1. The molecule has 0 unspecified atom stereocenters. The number of rotatable bonds is 4. The zero-order valence-electron chi connectivity index (χ0n) is 13.2. The molecule has 2 aromatic carbocycles. The lowest BCUT2D eigenvalue weighted by Crippen LogP contribution is -2.19. The van der Waals surface area contributed by atoms with E-state index in [1.807, 2.05) is 30.3 Å². The topological polar surface area (TPSA) is 26.3 Å². The monoisotopic (exact) mass is 364 g/mol. The molecule has 0 saturated heterocycles. The van der Waals surface area contributed by atoms with E-state index in [0.29, 0.717) is 23.3 Å². The molecule has 6 heteroatoms. The minimum absolute atomic E-state index is 0.245. The summed E-state index contributed by atoms with van der Waals surface area (Å²) in [6, 6.07) is 14.5. The van der Waals surface area contributed by atoms with E-state index in [2.05, 4.69) is 0 Å². The highest BCUT2D eigenvalue weighted by atomic mass is 32.2. The molecule has 3 rings (SSSR count). The fourth-order valence-corrected chi connectivity index (χ4v) is 3.56. The average Bonchev–Trinajstić information content (AvgIpc) is 2.61. The van der Waals surface area contributed by atoms with Gasteiger partial charge < -0.3 is 4.74 Å². The number of benzene rings is 2. The molecule has 0 N–H and O–H groups in total. The second-order valence-electron chi connectivity index (χ2n) is 5.52. The van der Waals surface area contributed by atoms with Crippen molar-refractivity contribution in [1.29, 1.82) is 0 Å². The van der Waals surface area contributed by atoms with Gasteiger partial charge in [-0.1, -0.05) is 30.3 Å². The first kappa shape index (κ1) is 17.6. The van der Waals surface area contributed by atoms with E-state index in [1.165, 1.54) is 23.9 Å². The van der Waals surface area contributed by atoms with E-state index >= 15 is 0 Å². The zero-order chi connectivity index (χ0) is 17.9. The SMILES string of the molecule is O=C1OCCC(c2ccc(C(F)(F)F)cc2)=C1CSc1ccccc1. The highest BCUT2D eigenvalue weighted by molar-refractivity contribution is 7.99. The lowest BCUT2D eigenvalue weighted by molar-refractivity contribution is -0.139. The minimum Gasteiger partial charge on any atom is -0.462 e. The van der Waals surface area contributed by atoms with Crippen LogP contribution in [0.5, 0.6) is 0 Å². The van der Waals surface area contributed by atoms with Crippen LogP contribution in [0, 0.1) is 0 Å².